The second kappa shape index (κ2) is 10.2. The highest BCUT2D eigenvalue weighted by Crippen LogP contribution is 2.44. The van der Waals surface area contributed by atoms with E-state index in [1.165, 1.54) is 78.5 Å². The Bertz CT molecular complexity index is 3360. The molecule has 12 rings (SSSR count). The van der Waals surface area contributed by atoms with Crippen molar-refractivity contribution in [2.75, 3.05) is 0 Å². The third kappa shape index (κ3) is 3.97. The second-order valence-electron chi connectivity index (χ2n) is 14.2. The SMILES string of the molecule is CC1C=Cc2c(sc3c2ccc2c3ccc3c4ccc(/C=C/c5ccc6c(c5)oc5c6ccc6c5ccc5c7ccccc7sc56)cc4[nH]c32)C1. The van der Waals surface area contributed by atoms with Gasteiger partial charge >= 0.3 is 0 Å². The molecule has 4 heteroatoms. The quantitative estimate of drug-likeness (QED) is 0.180. The molecule has 0 radical (unpaired) electrons. The molecule has 1 atom stereocenters. The third-order valence-electron chi connectivity index (χ3n) is 11.1. The van der Waals surface area contributed by atoms with Gasteiger partial charge in [-0.1, -0.05) is 104 Å². The first-order valence-corrected chi connectivity index (χ1v) is 19.3. The van der Waals surface area contributed by atoms with Crippen LogP contribution in [0.1, 0.15) is 28.5 Å². The van der Waals surface area contributed by atoms with Crippen LogP contribution < -0.4 is 0 Å². The molecule has 1 unspecified atom stereocenters. The number of allylic oxidation sites excluding steroid dienone is 1. The fraction of sp³-hybridized carbons (Fsp3) is 0.0638. The van der Waals surface area contributed by atoms with Gasteiger partial charge in [-0.25, -0.2) is 0 Å². The topological polar surface area (TPSA) is 28.9 Å². The van der Waals surface area contributed by atoms with Crippen LogP contribution in [0, 0.1) is 5.92 Å². The van der Waals surface area contributed by atoms with E-state index in [0.717, 1.165) is 45.0 Å². The zero-order valence-electron chi connectivity index (χ0n) is 27.7. The van der Waals surface area contributed by atoms with Gasteiger partial charge in [0.2, 0.25) is 0 Å². The van der Waals surface area contributed by atoms with Crippen LogP contribution in [0.4, 0.5) is 0 Å². The molecule has 1 aliphatic carbocycles. The van der Waals surface area contributed by atoms with Gasteiger partial charge in [0.05, 0.1) is 5.52 Å². The maximum Gasteiger partial charge on any atom is 0.143 e. The van der Waals surface area contributed by atoms with Gasteiger partial charge in [0, 0.05) is 83.7 Å². The van der Waals surface area contributed by atoms with Gasteiger partial charge in [-0.05, 0) is 65.4 Å². The Morgan fingerprint density at radius 3 is 2.10 bits per heavy atom. The van der Waals surface area contributed by atoms with Crippen LogP contribution in [-0.4, -0.2) is 4.98 Å². The number of aromatic amines is 1. The summed E-state index contributed by atoms with van der Waals surface area (Å²) in [5, 5.41) is 13.9. The average molecular weight is 688 g/mol. The van der Waals surface area contributed by atoms with Gasteiger partial charge in [-0.2, -0.15) is 0 Å². The van der Waals surface area contributed by atoms with Crippen molar-refractivity contribution in [1.82, 2.24) is 4.98 Å². The summed E-state index contributed by atoms with van der Waals surface area (Å²) < 4.78 is 10.7. The molecular weight excluding hydrogens is 659 g/mol. The highest BCUT2D eigenvalue weighted by molar-refractivity contribution is 7.26. The summed E-state index contributed by atoms with van der Waals surface area (Å²) in [6.45, 7) is 2.31. The third-order valence-corrected chi connectivity index (χ3v) is 13.6. The Kier molecular flexibility index (Phi) is 5.61. The molecular formula is C47H29NOS2. The van der Waals surface area contributed by atoms with Gasteiger partial charge in [0.15, 0.2) is 0 Å². The molecule has 1 aliphatic rings. The van der Waals surface area contributed by atoms with Crippen LogP contribution in [0.25, 0.3) is 114 Å². The van der Waals surface area contributed by atoms with E-state index in [9.17, 15) is 0 Å². The van der Waals surface area contributed by atoms with E-state index in [0.29, 0.717) is 5.92 Å². The molecule has 7 aromatic carbocycles. The van der Waals surface area contributed by atoms with Crippen molar-refractivity contribution in [2.24, 2.45) is 5.92 Å². The highest BCUT2D eigenvalue weighted by atomic mass is 32.1. The van der Waals surface area contributed by atoms with Gasteiger partial charge < -0.3 is 9.40 Å². The second-order valence-corrected chi connectivity index (χ2v) is 16.4. The lowest BCUT2D eigenvalue weighted by Crippen LogP contribution is -1.99. The molecule has 0 aliphatic heterocycles. The van der Waals surface area contributed by atoms with E-state index in [1.54, 1.807) is 0 Å². The summed E-state index contributed by atoms with van der Waals surface area (Å²) in [5.41, 5.74) is 7.96. The summed E-state index contributed by atoms with van der Waals surface area (Å²) >= 11 is 3.84. The number of thiophene rings is 2. The van der Waals surface area contributed by atoms with Gasteiger partial charge in [-0.15, -0.1) is 22.7 Å². The first kappa shape index (κ1) is 28.1. The van der Waals surface area contributed by atoms with E-state index < -0.39 is 0 Å². The van der Waals surface area contributed by atoms with E-state index in [-0.39, 0.29) is 0 Å². The molecule has 51 heavy (non-hydrogen) atoms. The minimum atomic E-state index is 0.606. The normalized spacial score (nSPS) is 15.1. The first-order valence-electron chi connectivity index (χ1n) is 17.6. The van der Waals surface area contributed by atoms with E-state index >= 15 is 0 Å². The fourth-order valence-corrected chi connectivity index (χ4v) is 11.3. The molecule has 4 heterocycles. The highest BCUT2D eigenvalue weighted by Gasteiger charge is 2.19. The van der Waals surface area contributed by atoms with Crippen molar-refractivity contribution in [2.45, 2.75) is 13.3 Å². The van der Waals surface area contributed by atoms with Crippen molar-refractivity contribution in [3.05, 3.63) is 137 Å². The van der Waals surface area contributed by atoms with Crippen molar-refractivity contribution >= 4 is 136 Å². The minimum Gasteiger partial charge on any atom is -0.455 e. The summed E-state index contributed by atoms with van der Waals surface area (Å²) in [7, 11) is 0. The lowest BCUT2D eigenvalue weighted by molar-refractivity contribution is 0.672. The maximum atomic E-state index is 6.63. The average Bonchev–Trinajstić information content (AvgIpc) is 3.92. The van der Waals surface area contributed by atoms with Crippen molar-refractivity contribution in [1.29, 1.82) is 0 Å². The zero-order chi connectivity index (χ0) is 33.4. The number of fused-ring (bicyclic) bond motifs is 18. The fourth-order valence-electron chi connectivity index (χ4n) is 8.62. The number of hydrogen-bond acceptors (Lipinski definition) is 3. The first-order chi connectivity index (χ1) is 25.1. The number of aromatic nitrogens is 1. The summed E-state index contributed by atoms with van der Waals surface area (Å²) in [4.78, 5) is 5.32. The summed E-state index contributed by atoms with van der Waals surface area (Å²) in [6, 6.07) is 40.3. The molecule has 11 aromatic rings. The van der Waals surface area contributed by atoms with Crippen LogP contribution in [0.3, 0.4) is 0 Å². The monoisotopic (exact) mass is 687 g/mol. The van der Waals surface area contributed by atoms with Gasteiger partial charge in [-0.3, -0.25) is 0 Å². The Hall–Kier alpha value is -5.68. The number of hydrogen-bond donors (Lipinski definition) is 1. The molecule has 0 spiro atoms. The number of furan rings is 1. The van der Waals surface area contributed by atoms with Crippen LogP contribution in [-0.2, 0) is 6.42 Å². The molecule has 1 N–H and O–H groups in total. The molecule has 0 amide bonds. The predicted molar refractivity (Wildman–Crippen MR) is 224 cm³/mol. The lowest BCUT2D eigenvalue weighted by atomic mass is 9.95. The van der Waals surface area contributed by atoms with Crippen LogP contribution in [0.5, 0.6) is 0 Å². The van der Waals surface area contributed by atoms with E-state index in [2.05, 4.69) is 145 Å². The summed E-state index contributed by atoms with van der Waals surface area (Å²) in [5.74, 6) is 0.606. The zero-order valence-corrected chi connectivity index (χ0v) is 29.3. The van der Waals surface area contributed by atoms with Crippen molar-refractivity contribution in [3.8, 4) is 0 Å². The molecule has 0 saturated heterocycles. The Morgan fingerprint density at radius 2 is 1.24 bits per heavy atom. The molecule has 4 aromatic heterocycles. The standard InChI is InChI=1S/C47H29NOS2/c1-25-6-11-31-37-18-15-33-38(46(37)51-43(31)22-25)19-14-32-28-12-9-26(23-40(28)48-44(32)33)7-8-27-10-13-29-34-16-21-39-35(45(34)49-41(29)24-27)17-20-36-30-4-2-3-5-42(30)50-47(36)39/h2-21,23-25,48H,22H2,1H3/b8-7+. The number of H-pyrrole nitrogens is 1. The molecule has 2 nitrogen and oxygen atoms in total. The van der Waals surface area contributed by atoms with E-state index in [4.69, 9.17) is 4.42 Å². The Morgan fingerprint density at radius 1 is 0.608 bits per heavy atom. The maximum absolute atomic E-state index is 6.63. The van der Waals surface area contributed by atoms with Gasteiger partial charge in [0.25, 0.3) is 0 Å². The number of benzene rings is 7. The molecule has 0 saturated carbocycles. The largest absolute Gasteiger partial charge is 0.455 e. The van der Waals surface area contributed by atoms with E-state index in [1.807, 2.05) is 22.7 Å². The minimum absolute atomic E-state index is 0.606. The lowest BCUT2D eigenvalue weighted by Gasteiger charge is -2.10. The molecule has 0 fully saturated rings. The number of nitrogens with one attached hydrogen (secondary N) is 1. The number of rotatable bonds is 2. The predicted octanol–water partition coefficient (Wildman–Crippen LogP) is 14.5. The summed E-state index contributed by atoms with van der Waals surface area (Å²) in [6.07, 6.45) is 10.2. The molecule has 240 valence electrons. The van der Waals surface area contributed by atoms with Crippen LogP contribution in [0.2, 0.25) is 0 Å². The smallest absolute Gasteiger partial charge is 0.143 e. The van der Waals surface area contributed by atoms with Gasteiger partial charge in [0.1, 0.15) is 11.2 Å². The van der Waals surface area contributed by atoms with Crippen molar-refractivity contribution in [3.63, 3.8) is 0 Å². The Balaban J connectivity index is 0.918. The molecule has 0 bridgehead atoms. The van der Waals surface area contributed by atoms with Crippen LogP contribution in [0.15, 0.2) is 120 Å². The van der Waals surface area contributed by atoms with Crippen molar-refractivity contribution < 1.29 is 4.42 Å². The van der Waals surface area contributed by atoms with Crippen LogP contribution >= 0.6 is 22.7 Å². The Labute approximate surface area is 300 Å².